The molecule has 0 fully saturated rings. The van der Waals surface area contributed by atoms with Crippen LogP contribution in [0.4, 0.5) is 0 Å². The second-order valence-corrected chi connectivity index (χ2v) is 2.67. The predicted octanol–water partition coefficient (Wildman–Crippen LogP) is 1.56. The highest BCUT2D eigenvalue weighted by molar-refractivity contribution is 6.31. The molecule has 0 aliphatic carbocycles. The van der Waals surface area contributed by atoms with Gasteiger partial charge in [-0.05, 0) is 18.2 Å². The van der Waals surface area contributed by atoms with E-state index in [1.54, 1.807) is 18.2 Å². The number of rotatable bonds is 0. The summed E-state index contributed by atoms with van der Waals surface area (Å²) in [4.78, 5) is 0. The number of halogens is 1. The van der Waals surface area contributed by atoms with Crippen molar-refractivity contribution in [1.29, 1.82) is 5.26 Å². The molecule has 0 amide bonds. The molecule has 0 unspecified atom stereocenters. The van der Waals surface area contributed by atoms with E-state index in [1.165, 1.54) is 0 Å². The zero-order valence-corrected chi connectivity index (χ0v) is 7.47. The largest absolute Gasteiger partial charge is 0.384 e. The van der Waals surface area contributed by atoms with Gasteiger partial charge in [0.05, 0.1) is 16.7 Å². The van der Waals surface area contributed by atoms with Gasteiger partial charge in [0.1, 0.15) is 6.61 Å². The lowest BCUT2D eigenvalue weighted by Gasteiger charge is -1.94. The Morgan fingerprint density at radius 1 is 1.46 bits per heavy atom. The summed E-state index contributed by atoms with van der Waals surface area (Å²) in [6, 6.07) is 6.80. The van der Waals surface area contributed by atoms with Gasteiger partial charge in [0, 0.05) is 5.56 Å². The average molecular weight is 192 g/mol. The third-order valence-corrected chi connectivity index (χ3v) is 1.71. The van der Waals surface area contributed by atoms with E-state index in [2.05, 4.69) is 11.8 Å². The Kier molecular flexibility index (Phi) is 3.34. The van der Waals surface area contributed by atoms with Gasteiger partial charge in [-0.2, -0.15) is 5.26 Å². The van der Waals surface area contributed by atoms with E-state index in [1.807, 2.05) is 6.07 Å². The summed E-state index contributed by atoms with van der Waals surface area (Å²) < 4.78 is 0. The summed E-state index contributed by atoms with van der Waals surface area (Å²) >= 11 is 5.81. The maximum atomic E-state index is 8.54. The molecule has 0 saturated heterocycles. The summed E-state index contributed by atoms with van der Waals surface area (Å²) in [6.07, 6.45) is 0. The van der Waals surface area contributed by atoms with Crippen molar-refractivity contribution >= 4 is 11.6 Å². The van der Waals surface area contributed by atoms with Gasteiger partial charge in [0.15, 0.2) is 0 Å². The van der Waals surface area contributed by atoms with Crippen molar-refractivity contribution in [2.45, 2.75) is 0 Å². The maximum Gasteiger partial charge on any atom is 0.104 e. The molecule has 0 aliphatic rings. The molecular weight excluding hydrogens is 186 g/mol. The summed E-state index contributed by atoms with van der Waals surface area (Å²) in [6.45, 7) is -0.198. The first-order valence-electron chi connectivity index (χ1n) is 3.57. The van der Waals surface area contributed by atoms with Crippen molar-refractivity contribution < 1.29 is 5.11 Å². The molecule has 13 heavy (non-hydrogen) atoms. The molecule has 0 bridgehead atoms. The predicted molar refractivity (Wildman–Crippen MR) is 50.1 cm³/mol. The lowest BCUT2D eigenvalue weighted by atomic mass is 10.1. The fourth-order valence-electron chi connectivity index (χ4n) is 0.821. The summed E-state index contributed by atoms with van der Waals surface area (Å²) in [5.41, 5.74) is 1.12. The highest BCUT2D eigenvalue weighted by Crippen LogP contribution is 2.16. The van der Waals surface area contributed by atoms with Crippen LogP contribution in [0.25, 0.3) is 0 Å². The summed E-state index contributed by atoms with van der Waals surface area (Å²) in [7, 11) is 0. The monoisotopic (exact) mass is 191 g/mol. The van der Waals surface area contributed by atoms with Gasteiger partial charge >= 0.3 is 0 Å². The van der Waals surface area contributed by atoms with Gasteiger partial charge in [0.25, 0.3) is 0 Å². The molecular formula is C10H6ClNO. The van der Waals surface area contributed by atoms with Crippen LogP contribution in [0, 0.1) is 23.2 Å². The van der Waals surface area contributed by atoms with Crippen molar-refractivity contribution in [3.8, 4) is 17.9 Å². The standard InChI is InChI=1S/C10H6ClNO/c11-10-6-8(7-12)3-4-9(10)2-1-5-13/h3-4,6,13H,5H2. The van der Waals surface area contributed by atoms with Crippen LogP contribution in [0.5, 0.6) is 0 Å². The Morgan fingerprint density at radius 2 is 2.23 bits per heavy atom. The van der Waals surface area contributed by atoms with E-state index in [4.69, 9.17) is 22.0 Å². The van der Waals surface area contributed by atoms with E-state index in [-0.39, 0.29) is 6.61 Å². The Morgan fingerprint density at radius 3 is 2.77 bits per heavy atom. The molecule has 0 radical (unpaired) electrons. The maximum absolute atomic E-state index is 8.54. The second kappa shape index (κ2) is 4.52. The van der Waals surface area contributed by atoms with E-state index in [0.29, 0.717) is 16.1 Å². The van der Waals surface area contributed by atoms with Gasteiger partial charge in [-0.15, -0.1) is 0 Å². The van der Waals surface area contributed by atoms with Crippen LogP contribution in [-0.4, -0.2) is 11.7 Å². The van der Waals surface area contributed by atoms with Crippen molar-refractivity contribution in [3.63, 3.8) is 0 Å². The molecule has 0 atom stereocenters. The molecule has 1 aromatic carbocycles. The van der Waals surface area contributed by atoms with Crippen molar-refractivity contribution in [1.82, 2.24) is 0 Å². The zero-order valence-electron chi connectivity index (χ0n) is 6.71. The third-order valence-electron chi connectivity index (χ3n) is 1.40. The first-order valence-corrected chi connectivity index (χ1v) is 3.95. The molecule has 64 valence electrons. The van der Waals surface area contributed by atoms with Gasteiger partial charge in [0.2, 0.25) is 0 Å². The van der Waals surface area contributed by atoms with Crippen LogP contribution < -0.4 is 0 Å². The fraction of sp³-hybridized carbons (Fsp3) is 0.100. The summed E-state index contributed by atoms with van der Waals surface area (Å²) in [5, 5.41) is 17.4. The lowest BCUT2D eigenvalue weighted by Crippen LogP contribution is -1.81. The van der Waals surface area contributed by atoms with Gasteiger partial charge in [-0.1, -0.05) is 23.4 Å². The number of aliphatic hydroxyl groups is 1. The van der Waals surface area contributed by atoms with E-state index in [9.17, 15) is 0 Å². The Bertz CT molecular complexity index is 409. The van der Waals surface area contributed by atoms with Crippen molar-refractivity contribution in [2.24, 2.45) is 0 Å². The average Bonchev–Trinajstić information content (AvgIpc) is 2.16. The molecule has 0 aliphatic heterocycles. The molecule has 0 saturated carbocycles. The van der Waals surface area contributed by atoms with Crippen LogP contribution >= 0.6 is 11.6 Å². The summed E-state index contributed by atoms with van der Waals surface area (Å²) in [5.74, 6) is 5.15. The van der Waals surface area contributed by atoms with E-state index >= 15 is 0 Å². The number of nitrogens with zero attached hydrogens (tertiary/aromatic N) is 1. The van der Waals surface area contributed by atoms with Gasteiger partial charge < -0.3 is 5.11 Å². The highest BCUT2D eigenvalue weighted by atomic mass is 35.5. The first-order chi connectivity index (χ1) is 6.27. The second-order valence-electron chi connectivity index (χ2n) is 2.27. The fourth-order valence-corrected chi connectivity index (χ4v) is 1.05. The van der Waals surface area contributed by atoms with Crippen LogP contribution in [0.15, 0.2) is 18.2 Å². The Labute approximate surface area is 81.4 Å². The molecule has 2 nitrogen and oxygen atoms in total. The number of hydrogen-bond acceptors (Lipinski definition) is 2. The molecule has 1 N–H and O–H groups in total. The zero-order chi connectivity index (χ0) is 9.68. The quantitative estimate of drug-likeness (QED) is 0.633. The smallest absolute Gasteiger partial charge is 0.104 e. The molecule has 3 heteroatoms. The Hall–Kier alpha value is -1.48. The first kappa shape index (κ1) is 9.61. The van der Waals surface area contributed by atoms with Crippen molar-refractivity contribution in [2.75, 3.05) is 6.61 Å². The van der Waals surface area contributed by atoms with E-state index < -0.39 is 0 Å². The van der Waals surface area contributed by atoms with Crippen LogP contribution in [0.2, 0.25) is 5.02 Å². The third kappa shape index (κ3) is 2.49. The molecule has 0 heterocycles. The molecule has 0 spiro atoms. The molecule has 1 aromatic rings. The SMILES string of the molecule is N#Cc1ccc(C#CCO)c(Cl)c1. The van der Waals surface area contributed by atoms with E-state index in [0.717, 1.165) is 0 Å². The number of hydrogen-bond donors (Lipinski definition) is 1. The Balaban J connectivity index is 3.07. The van der Waals surface area contributed by atoms with Crippen LogP contribution in [0.3, 0.4) is 0 Å². The number of aliphatic hydroxyl groups excluding tert-OH is 1. The van der Waals surface area contributed by atoms with Gasteiger partial charge in [-0.25, -0.2) is 0 Å². The minimum absolute atomic E-state index is 0.198. The number of nitriles is 1. The van der Waals surface area contributed by atoms with Crippen LogP contribution in [-0.2, 0) is 0 Å². The van der Waals surface area contributed by atoms with Crippen LogP contribution in [0.1, 0.15) is 11.1 Å². The normalized spacial score (nSPS) is 8.38. The number of benzene rings is 1. The minimum Gasteiger partial charge on any atom is -0.384 e. The molecule has 1 rings (SSSR count). The minimum atomic E-state index is -0.198. The molecule has 0 aromatic heterocycles. The topological polar surface area (TPSA) is 44.0 Å². The van der Waals surface area contributed by atoms with Crippen molar-refractivity contribution in [3.05, 3.63) is 34.3 Å². The highest BCUT2D eigenvalue weighted by Gasteiger charge is 1.97. The van der Waals surface area contributed by atoms with Gasteiger partial charge in [-0.3, -0.25) is 0 Å². The lowest BCUT2D eigenvalue weighted by molar-refractivity contribution is 0.350.